The molecule has 0 spiro atoms. The zero-order chi connectivity index (χ0) is 16.7. The van der Waals surface area contributed by atoms with Crippen LogP contribution >= 0.6 is 11.3 Å². The van der Waals surface area contributed by atoms with E-state index < -0.39 is 6.10 Å². The maximum absolute atomic E-state index is 11.8. The molecule has 23 heavy (non-hydrogen) atoms. The summed E-state index contributed by atoms with van der Waals surface area (Å²) in [6.07, 6.45) is 2.47. The molecule has 0 aliphatic heterocycles. The van der Waals surface area contributed by atoms with Crippen molar-refractivity contribution in [1.29, 1.82) is 0 Å². The third-order valence-electron chi connectivity index (χ3n) is 3.43. The molecular formula is C17H23N3O2S. The number of hydrogen-bond acceptors (Lipinski definition) is 4. The van der Waals surface area contributed by atoms with E-state index in [-0.39, 0.29) is 12.1 Å². The Morgan fingerprint density at radius 2 is 2.09 bits per heavy atom. The molecule has 1 aromatic carbocycles. The Morgan fingerprint density at radius 3 is 2.74 bits per heavy atom. The quantitative estimate of drug-likeness (QED) is 0.729. The Hall–Kier alpha value is -1.92. The van der Waals surface area contributed by atoms with Crippen LogP contribution in [0.15, 0.2) is 36.5 Å². The largest absolute Gasteiger partial charge is 0.388 e. The monoisotopic (exact) mass is 333 g/mol. The molecule has 1 aromatic heterocycles. The van der Waals surface area contributed by atoms with E-state index in [1.165, 1.54) is 4.88 Å². The van der Waals surface area contributed by atoms with Gasteiger partial charge in [0.2, 0.25) is 0 Å². The highest BCUT2D eigenvalue weighted by Gasteiger charge is 2.14. The van der Waals surface area contributed by atoms with E-state index in [1.54, 1.807) is 11.3 Å². The fourth-order valence-corrected chi connectivity index (χ4v) is 3.07. The minimum Gasteiger partial charge on any atom is -0.388 e. The van der Waals surface area contributed by atoms with Gasteiger partial charge in [-0.25, -0.2) is 9.78 Å². The number of amides is 2. The van der Waals surface area contributed by atoms with Crippen LogP contribution in [-0.2, 0) is 6.42 Å². The lowest BCUT2D eigenvalue weighted by molar-refractivity contribution is 0.154. The van der Waals surface area contributed by atoms with Crippen molar-refractivity contribution >= 4 is 17.4 Å². The molecule has 124 valence electrons. The number of rotatable bonds is 7. The van der Waals surface area contributed by atoms with Crippen molar-refractivity contribution in [2.45, 2.75) is 38.8 Å². The number of aliphatic hydroxyl groups is 1. The molecule has 2 atom stereocenters. The lowest BCUT2D eigenvalue weighted by atomic mass is 10.0. The number of urea groups is 1. The van der Waals surface area contributed by atoms with Gasteiger partial charge in [0, 0.05) is 30.1 Å². The first-order valence-corrected chi connectivity index (χ1v) is 8.55. The zero-order valence-electron chi connectivity index (χ0n) is 13.5. The van der Waals surface area contributed by atoms with E-state index in [1.807, 2.05) is 50.4 Å². The first-order chi connectivity index (χ1) is 11.0. The van der Waals surface area contributed by atoms with Gasteiger partial charge in [-0.05, 0) is 25.8 Å². The number of hydrogen-bond donors (Lipinski definition) is 3. The van der Waals surface area contributed by atoms with E-state index in [0.717, 1.165) is 17.0 Å². The summed E-state index contributed by atoms with van der Waals surface area (Å²) in [7, 11) is 0. The van der Waals surface area contributed by atoms with Crippen LogP contribution in [0, 0.1) is 6.92 Å². The molecule has 3 N–H and O–H groups in total. The Bertz CT molecular complexity index is 615. The molecule has 2 amide bonds. The van der Waals surface area contributed by atoms with E-state index in [2.05, 4.69) is 15.6 Å². The Balaban J connectivity index is 1.68. The molecule has 6 heteroatoms. The van der Waals surface area contributed by atoms with Gasteiger partial charge in [-0.2, -0.15) is 0 Å². The van der Waals surface area contributed by atoms with Crippen LogP contribution < -0.4 is 10.6 Å². The smallest absolute Gasteiger partial charge is 0.315 e. The van der Waals surface area contributed by atoms with Gasteiger partial charge in [-0.3, -0.25) is 0 Å². The van der Waals surface area contributed by atoms with Crippen LogP contribution in [0.25, 0.3) is 0 Å². The van der Waals surface area contributed by atoms with Crippen LogP contribution in [0.1, 0.15) is 34.9 Å². The van der Waals surface area contributed by atoms with Crippen molar-refractivity contribution in [2.75, 3.05) is 6.54 Å². The highest BCUT2D eigenvalue weighted by atomic mass is 32.1. The van der Waals surface area contributed by atoms with Crippen molar-refractivity contribution in [3.05, 3.63) is 52.0 Å². The summed E-state index contributed by atoms with van der Waals surface area (Å²) in [5, 5.41) is 16.8. The minimum atomic E-state index is -0.579. The summed E-state index contributed by atoms with van der Waals surface area (Å²) in [5.74, 6) is 0. The maximum Gasteiger partial charge on any atom is 0.315 e. The summed E-state index contributed by atoms with van der Waals surface area (Å²) in [6, 6.07) is 9.13. The zero-order valence-corrected chi connectivity index (χ0v) is 14.3. The third-order valence-corrected chi connectivity index (χ3v) is 4.40. The predicted molar refractivity (Wildman–Crippen MR) is 92.6 cm³/mol. The van der Waals surface area contributed by atoms with Crippen LogP contribution in [0.2, 0.25) is 0 Å². The second kappa shape index (κ2) is 8.64. The standard InChI is InChI=1S/C17H23N3O2S/c1-12(10-15(21)14-6-4-3-5-7-14)20-17(22)18-9-8-16-19-11-13(2)23-16/h3-7,11-12,15,21H,8-10H2,1-2H3,(H2,18,20,22). The van der Waals surface area contributed by atoms with Gasteiger partial charge in [0.05, 0.1) is 11.1 Å². The average Bonchev–Trinajstić information content (AvgIpc) is 2.93. The van der Waals surface area contributed by atoms with E-state index in [9.17, 15) is 9.90 Å². The van der Waals surface area contributed by atoms with Crippen LogP contribution in [0.5, 0.6) is 0 Å². The molecule has 0 radical (unpaired) electrons. The van der Waals surface area contributed by atoms with Gasteiger partial charge in [0.1, 0.15) is 0 Å². The number of aliphatic hydroxyl groups excluding tert-OH is 1. The Labute approximate surface area is 140 Å². The van der Waals surface area contributed by atoms with Crippen molar-refractivity contribution in [1.82, 2.24) is 15.6 Å². The molecule has 2 unspecified atom stereocenters. The molecule has 2 rings (SSSR count). The molecule has 0 bridgehead atoms. The molecule has 0 saturated heterocycles. The van der Waals surface area contributed by atoms with Gasteiger partial charge >= 0.3 is 6.03 Å². The first-order valence-electron chi connectivity index (χ1n) is 7.73. The topological polar surface area (TPSA) is 74.2 Å². The molecule has 0 aliphatic carbocycles. The molecular weight excluding hydrogens is 310 g/mol. The fraction of sp³-hybridized carbons (Fsp3) is 0.412. The van der Waals surface area contributed by atoms with Crippen LogP contribution in [0.4, 0.5) is 4.79 Å². The number of carbonyl (C=O) groups is 1. The lowest BCUT2D eigenvalue weighted by Gasteiger charge is -2.18. The average molecular weight is 333 g/mol. The Morgan fingerprint density at radius 1 is 1.35 bits per heavy atom. The maximum atomic E-state index is 11.8. The van der Waals surface area contributed by atoms with Crippen molar-refractivity contribution < 1.29 is 9.90 Å². The van der Waals surface area contributed by atoms with Crippen molar-refractivity contribution in [2.24, 2.45) is 0 Å². The highest BCUT2D eigenvalue weighted by Crippen LogP contribution is 2.17. The van der Waals surface area contributed by atoms with Gasteiger partial charge in [0.15, 0.2) is 0 Å². The second-order valence-electron chi connectivity index (χ2n) is 5.58. The van der Waals surface area contributed by atoms with Gasteiger partial charge in [0.25, 0.3) is 0 Å². The number of carbonyl (C=O) groups excluding carboxylic acids is 1. The summed E-state index contributed by atoms with van der Waals surface area (Å²) in [5.41, 5.74) is 0.862. The van der Waals surface area contributed by atoms with Gasteiger partial charge < -0.3 is 15.7 Å². The minimum absolute atomic E-state index is 0.118. The molecule has 0 saturated carbocycles. The molecule has 1 heterocycles. The summed E-state index contributed by atoms with van der Waals surface area (Å²) in [4.78, 5) is 17.3. The molecule has 2 aromatic rings. The van der Waals surface area contributed by atoms with Crippen LogP contribution in [-0.4, -0.2) is 28.7 Å². The summed E-state index contributed by atoms with van der Waals surface area (Å²) < 4.78 is 0. The predicted octanol–water partition coefficient (Wildman–Crippen LogP) is 2.81. The number of benzene rings is 1. The van der Waals surface area contributed by atoms with Crippen molar-refractivity contribution in [3.8, 4) is 0 Å². The lowest BCUT2D eigenvalue weighted by Crippen LogP contribution is -2.42. The molecule has 5 nitrogen and oxygen atoms in total. The van der Waals surface area contributed by atoms with Gasteiger partial charge in [-0.15, -0.1) is 11.3 Å². The first kappa shape index (κ1) is 17.4. The highest BCUT2D eigenvalue weighted by molar-refractivity contribution is 7.11. The third kappa shape index (κ3) is 6.00. The number of nitrogens with one attached hydrogen (secondary N) is 2. The summed E-state index contributed by atoms with van der Waals surface area (Å²) in [6.45, 7) is 4.45. The van der Waals surface area contributed by atoms with Crippen molar-refractivity contribution in [3.63, 3.8) is 0 Å². The molecule has 0 aliphatic rings. The summed E-state index contributed by atoms with van der Waals surface area (Å²) >= 11 is 1.64. The van der Waals surface area contributed by atoms with Gasteiger partial charge in [-0.1, -0.05) is 30.3 Å². The number of thiazole rings is 1. The van der Waals surface area contributed by atoms with Crippen LogP contribution in [0.3, 0.4) is 0 Å². The number of aryl methyl sites for hydroxylation is 1. The normalized spacial score (nSPS) is 13.3. The fourth-order valence-electron chi connectivity index (χ4n) is 2.28. The Kier molecular flexibility index (Phi) is 6.55. The van der Waals surface area contributed by atoms with E-state index in [4.69, 9.17) is 0 Å². The second-order valence-corrected chi connectivity index (χ2v) is 6.90. The number of nitrogens with zero attached hydrogens (tertiary/aromatic N) is 1. The van der Waals surface area contributed by atoms with E-state index >= 15 is 0 Å². The SMILES string of the molecule is Cc1cnc(CCNC(=O)NC(C)CC(O)c2ccccc2)s1. The number of aromatic nitrogens is 1. The van der Waals surface area contributed by atoms with E-state index in [0.29, 0.717) is 13.0 Å². The molecule has 0 fully saturated rings.